The maximum Gasteiger partial charge on any atom is 0.302 e. The van der Waals surface area contributed by atoms with Crippen LogP contribution in [-0.4, -0.2) is 131 Å². The molecule has 9 rings (SSSR count). The van der Waals surface area contributed by atoms with Crippen molar-refractivity contribution in [3.8, 4) is 11.5 Å². The minimum absolute atomic E-state index is 0.00184. The number of amides is 1. The zero-order valence-electron chi connectivity index (χ0n) is 34.1. The Labute approximate surface area is 365 Å². The fourth-order valence-corrected chi connectivity index (χ4v) is 8.57. The van der Waals surface area contributed by atoms with Gasteiger partial charge in [-0.1, -0.05) is 42.5 Å². The van der Waals surface area contributed by atoms with Crippen LogP contribution in [0.3, 0.4) is 0 Å². The maximum atomic E-state index is 14.7. The minimum Gasteiger partial charge on any atom is -0.486 e. The first kappa shape index (κ1) is 42.6. The smallest absolute Gasteiger partial charge is 0.302 e. The van der Waals surface area contributed by atoms with Gasteiger partial charge in [0.2, 0.25) is 12.2 Å². The van der Waals surface area contributed by atoms with Gasteiger partial charge < -0.3 is 60.2 Å². The Bertz CT molecular complexity index is 2630. The summed E-state index contributed by atoms with van der Waals surface area (Å²) in [7, 11) is 0. The molecule has 4 aromatic rings. The summed E-state index contributed by atoms with van der Waals surface area (Å²) in [5.41, 5.74) is 14.2. The quantitative estimate of drug-likeness (QED) is 0.117. The molecule has 5 heterocycles. The van der Waals surface area contributed by atoms with Crippen LogP contribution in [0.15, 0.2) is 87.9 Å². The minimum atomic E-state index is -1.58. The van der Waals surface area contributed by atoms with Gasteiger partial charge >= 0.3 is 5.91 Å². The van der Waals surface area contributed by atoms with Gasteiger partial charge in [0.25, 0.3) is 0 Å². The molecule has 5 aliphatic rings. The highest BCUT2D eigenvalue weighted by atomic mass is 16.7. The average Bonchev–Trinajstić information content (AvgIpc) is 3.70. The van der Waals surface area contributed by atoms with Crippen molar-refractivity contribution in [1.29, 1.82) is 0 Å². The van der Waals surface area contributed by atoms with Crippen molar-refractivity contribution in [3.63, 3.8) is 0 Å². The number of aliphatic hydroxyl groups excluding tert-OH is 3. The lowest BCUT2D eigenvalue weighted by Crippen LogP contribution is -2.61. The summed E-state index contributed by atoms with van der Waals surface area (Å²) in [6.45, 7) is -0.670. The van der Waals surface area contributed by atoms with E-state index < -0.39 is 66.8 Å². The van der Waals surface area contributed by atoms with E-state index in [1.54, 1.807) is 65.7 Å². The van der Waals surface area contributed by atoms with E-state index in [2.05, 4.69) is 20.0 Å². The number of aliphatic imine (C=N–C) groups is 3. The van der Waals surface area contributed by atoms with E-state index in [-0.39, 0.29) is 90.6 Å². The number of ether oxygens (including phenoxy) is 5. The standard InChI is InChI=1S/C45H43N7O12/c46-32-17-22(9-13-48-32)11-16-61-41-38(58)37(57)31-20-60-15-12-24(25-5-3-4-8-30(25)52-21-49-34-42(52)50-45(47)51-43(34)59)28-18-29-33(36(56)27-7-2-1-6-26(27)35(29)55)40(39(28)64-44(41)63-31)62-19-23(54)10-14-53/h1-9,13-14,17-18,23-24,31,37-38,41,44,54,57-58H,10-12,15-16,19-21H2,(H2,46,48)(H2,47,51,59)/t23-,24+,31+,37+,38-,41+,44-/m1/s1. The number of rotatable bonds is 11. The van der Waals surface area contributed by atoms with Gasteiger partial charge in [-0.05, 0) is 48.2 Å². The van der Waals surface area contributed by atoms with Crippen LogP contribution < -0.4 is 25.8 Å². The zero-order valence-corrected chi connectivity index (χ0v) is 34.1. The van der Waals surface area contributed by atoms with Crippen LogP contribution in [0, 0.1) is 0 Å². The van der Waals surface area contributed by atoms with E-state index >= 15 is 0 Å². The fourth-order valence-electron chi connectivity index (χ4n) is 8.57. The number of aromatic nitrogens is 1. The van der Waals surface area contributed by atoms with Crippen LogP contribution in [-0.2, 0) is 30.2 Å². The van der Waals surface area contributed by atoms with Crippen molar-refractivity contribution in [2.24, 2.45) is 20.7 Å². The molecule has 3 aromatic carbocycles. The summed E-state index contributed by atoms with van der Waals surface area (Å²) in [4.78, 5) is 71.9. The topological polar surface area (TPSA) is 280 Å². The first-order chi connectivity index (χ1) is 31.0. The third-order valence-electron chi connectivity index (χ3n) is 11.7. The molecular weight excluding hydrogens is 831 g/mol. The number of guanidine groups is 1. The number of para-hydroxylation sites is 1. The van der Waals surface area contributed by atoms with Crippen molar-refractivity contribution < 1.29 is 58.2 Å². The van der Waals surface area contributed by atoms with Gasteiger partial charge in [0.05, 0.1) is 24.9 Å². The van der Waals surface area contributed by atoms with Gasteiger partial charge in [0.15, 0.2) is 34.6 Å². The Balaban J connectivity index is 1.23. The number of ketones is 2. The highest BCUT2D eigenvalue weighted by Gasteiger charge is 2.49. The van der Waals surface area contributed by atoms with E-state index in [1.807, 2.05) is 6.07 Å². The average molecular weight is 874 g/mol. The Hall–Kier alpha value is -6.74. The Morgan fingerprint density at radius 3 is 2.52 bits per heavy atom. The van der Waals surface area contributed by atoms with Crippen molar-refractivity contribution in [1.82, 2.24) is 4.98 Å². The number of nitrogen functional groups attached to an aromatic ring is 1. The molecule has 4 aliphatic heterocycles. The third kappa shape index (κ3) is 7.93. The highest BCUT2D eigenvalue weighted by Crippen LogP contribution is 2.50. The van der Waals surface area contributed by atoms with Crippen molar-refractivity contribution in [3.05, 3.63) is 112 Å². The van der Waals surface area contributed by atoms with Crippen molar-refractivity contribution >= 4 is 52.8 Å². The molecule has 19 nitrogen and oxygen atoms in total. The molecule has 1 saturated heterocycles. The summed E-state index contributed by atoms with van der Waals surface area (Å²) in [6, 6.07) is 18.6. The molecule has 330 valence electrons. The monoisotopic (exact) mass is 873 g/mol. The predicted molar refractivity (Wildman–Crippen MR) is 228 cm³/mol. The van der Waals surface area contributed by atoms with Crippen molar-refractivity contribution in [2.75, 3.05) is 43.7 Å². The molecule has 2 bridgehead atoms. The van der Waals surface area contributed by atoms with Crippen LogP contribution in [0.25, 0.3) is 0 Å². The first-order valence-electron chi connectivity index (χ1n) is 20.6. The number of anilines is 2. The number of carbonyl (C=O) groups excluding carboxylic acids is 4. The van der Waals surface area contributed by atoms with Gasteiger partial charge in [-0.25, -0.2) is 4.98 Å². The number of amidine groups is 1. The van der Waals surface area contributed by atoms with Crippen LogP contribution in [0.4, 0.5) is 11.5 Å². The SMILES string of the molecule is NC1=NC(=O)C2=NCN(c3ccccc3[C@@H]3CCOC[C@@H]4O[C@H](Oc5c3cc3c(c5OC[C@H](O)CC=O)C(=O)c5ccccc5C3=O)[C@@H](OCCc3ccnc(N)c3)[C@H](O)[C@H]4O)C2=N1. The number of benzene rings is 3. The number of nitrogens with two attached hydrogens (primary N) is 2. The molecule has 0 spiro atoms. The lowest BCUT2D eigenvalue weighted by atomic mass is 9.79. The van der Waals surface area contributed by atoms with Crippen LogP contribution in [0.1, 0.15) is 67.3 Å². The van der Waals surface area contributed by atoms with Gasteiger partial charge in [0, 0.05) is 53.1 Å². The molecule has 19 heteroatoms. The van der Waals surface area contributed by atoms with Crippen LogP contribution in [0.5, 0.6) is 11.5 Å². The maximum absolute atomic E-state index is 14.7. The number of fused-ring (bicyclic) bond motifs is 6. The summed E-state index contributed by atoms with van der Waals surface area (Å²) in [5, 5.41) is 33.9. The molecule has 0 saturated carbocycles. The molecule has 1 amide bonds. The number of pyridine rings is 1. The molecule has 0 radical (unpaired) electrons. The molecule has 1 aromatic heterocycles. The second-order valence-corrected chi connectivity index (χ2v) is 15.7. The number of nitrogens with zero attached hydrogens (tertiary/aromatic N) is 5. The number of hydrogen-bond acceptors (Lipinski definition) is 18. The van der Waals surface area contributed by atoms with Gasteiger partial charge in [-0.2, -0.15) is 9.98 Å². The van der Waals surface area contributed by atoms with E-state index in [4.69, 9.17) is 35.2 Å². The Morgan fingerprint density at radius 2 is 1.72 bits per heavy atom. The van der Waals surface area contributed by atoms with E-state index in [9.17, 15) is 34.5 Å². The number of carbonyl (C=O) groups is 4. The third-order valence-corrected chi connectivity index (χ3v) is 11.7. The molecule has 7 N–H and O–H groups in total. The Kier molecular flexibility index (Phi) is 11.8. The fraction of sp³-hybridized carbons (Fsp3) is 0.333. The highest BCUT2D eigenvalue weighted by molar-refractivity contribution is 6.72. The summed E-state index contributed by atoms with van der Waals surface area (Å²) >= 11 is 0. The van der Waals surface area contributed by atoms with Gasteiger partial charge in [0.1, 0.15) is 49.8 Å². The summed E-state index contributed by atoms with van der Waals surface area (Å²) in [5.74, 6) is -2.59. The number of aldehydes is 1. The van der Waals surface area contributed by atoms with Crippen LogP contribution >= 0.6 is 0 Å². The first-order valence-corrected chi connectivity index (χ1v) is 20.6. The van der Waals surface area contributed by atoms with Gasteiger partial charge in [-0.3, -0.25) is 19.4 Å². The van der Waals surface area contributed by atoms with E-state index in [1.165, 1.54) is 6.07 Å². The van der Waals surface area contributed by atoms with Gasteiger partial charge in [-0.15, -0.1) is 0 Å². The normalized spacial score (nSPS) is 24.4. The second-order valence-electron chi connectivity index (χ2n) is 15.7. The lowest BCUT2D eigenvalue weighted by Gasteiger charge is -2.42. The number of hydrogen-bond donors (Lipinski definition) is 5. The summed E-state index contributed by atoms with van der Waals surface area (Å²) < 4.78 is 32.0. The van der Waals surface area contributed by atoms with Crippen LogP contribution in [0.2, 0.25) is 0 Å². The lowest BCUT2D eigenvalue weighted by molar-refractivity contribution is -0.289. The largest absolute Gasteiger partial charge is 0.486 e. The van der Waals surface area contributed by atoms with Crippen molar-refractivity contribution in [2.45, 2.75) is 62.0 Å². The second kappa shape index (κ2) is 17.8. The van der Waals surface area contributed by atoms with E-state index in [0.717, 1.165) is 5.56 Å². The zero-order chi connectivity index (χ0) is 44.6. The number of aliphatic hydroxyl groups is 3. The molecule has 0 unspecified atom stereocenters. The van der Waals surface area contributed by atoms with E-state index in [0.29, 0.717) is 35.3 Å². The molecule has 64 heavy (non-hydrogen) atoms. The molecule has 1 aliphatic carbocycles. The Morgan fingerprint density at radius 1 is 0.938 bits per heavy atom. The predicted octanol–water partition coefficient (Wildman–Crippen LogP) is 1.25. The molecular formula is C45H43N7O12. The summed E-state index contributed by atoms with van der Waals surface area (Å²) in [6.07, 6.45) is -6.14. The molecule has 1 fully saturated rings. The molecule has 7 atom stereocenters.